The fourth-order valence-electron chi connectivity index (χ4n) is 2.99. The number of ether oxygens (including phenoxy) is 2. The molecule has 0 aliphatic rings. The SMILES string of the molecule is CN(Cc1cc(NC(=O)OCCc2ccc(B(O)O)cc2)ccc1S(C)=O)C(=O)OC(C)(C)C. The Morgan fingerprint density at radius 1 is 1.12 bits per heavy atom. The summed E-state index contributed by atoms with van der Waals surface area (Å²) in [5.41, 5.74) is 1.66. The van der Waals surface area contributed by atoms with Gasteiger partial charge in [0.25, 0.3) is 0 Å². The van der Waals surface area contributed by atoms with Gasteiger partial charge in [-0.25, -0.2) is 9.59 Å². The van der Waals surface area contributed by atoms with Gasteiger partial charge >= 0.3 is 19.3 Å². The number of benzene rings is 2. The highest BCUT2D eigenvalue weighted by Crippen LogP contribution is 2.21. The van der Waals surface area contributed by atoms with Crippen molar-refractivity contribution in [2.75, 3.05) is 25.2 Å². The molecule has 0 radical (unpaired) electrons. The van der Waals surface area contributed by atoms with Gasteiger partial charge in [-0.05, 0) is 55.6 Å². The molecule has 0 aliphatic carbocycles. The van der Waals surface area contributed by atoms with E-state index in [1.807, 2.05) is 0 Å². The third-order valence-corrected chi connectivity index (χ3v) is 5.65. The first-order valence-corrected chi connectivity index (χ1v) is 12.2. The molecule has 1 unspecified atom stereocenters. The summed E-state index contributed by atoms with van der Waals surface area (Å²) in [7, 11) is -1.24. The van der Waals surface area contributed by atoms with Crippen molar-refractivity contribution in [3.8, 4) is 0 Å². The molecule has 0 heterocycles. The Kier molecular flexibility index (Phi) is 9.66. The van der Waals surface area contributed by atoms with E-state index in [9.17, 15) is 13.8 Å². The van der Waals surface area contributed by atoms with E-state index in [0.717, 1.165) is 5.56 Å². The largest absolute Gasteiger partial charge is 0.488 e. The van der Waals surface area contributed by atoms with Gasteiger partial charge in [-0.15, -0.1) is 0 Å². The zero-order valence-electron chi connectivity index (χ0n) is 20.0. The van der Waals surface area contributed by atoms with Crippen LogP contribution in [-0.4, -0.2) is 64.0 Å². The molecule has 0 spiro atoms. The maximum Gasteiger partial charge on any atom is 0.488 e. The van der Waals surface area contributed by atoms with Crippen LogP contribution in [0, 0.1) is 0 Å². The van der Waals surface area contributed by atoms with Crippen molar-refractivity contribution in [3.05, 3.63) is 53.6 Å². The first-order chi connectivity index (χ1) is 15.9. The fourth-order valence-corrected chi connectivity index (χ4v) is 3.75. The number of nitrogens with zero attached hydrogens (tertiary/aromatic N) is 1. The van der Waals surface area contributed by atoms with Crippen LogP contribution in [0.4, 0.5) is 15.3 Å². The van der Waals surface area contributed by atoms with Gasteiger partial charge in [0.2, 0.25) is 0 Å². The Labute approximate surface area is 202 Å². The van der Waals surface area contributed by atoms with E-state index in [1.54, 1.807) is 76.5 Å². The molecule has 0 saturated heterocycles. The summed E-state index contributed by atoms with van der Waals surface area (Å²) in [5, 5.41) is 20.9. The van der Waals surface area contributed by atoms with Gasteiger partial charge < -0.3 is 24.4 Å². The average Bonchev–Trinajstić information content (AvgIpc) is 2.72. The highest BCUT2D eigenvalue weighted by atomic mass is 32.2. The minimum atomic E-state index is -1.53. The van der Waals surface area contributed by atoms with Crippen LogP contribution in [0.3, 0.4) is 0 Å². The molecule has 34 heavy (non-hydrogen) atoms. The molecule has 0 saturated carbocycles. The van der Waals surface area contributed by atoms with E-state index >= 15 is 0 Å². The van der Waals surface area contributed by atoms with Crippen molar-refractivity contribution in [2.24, 2.45) is 0 Å². The molecular formula is C23H31BN2O7S. The van der Waals surface area contributed by atoms with Crippen molar-refractivity contribution >= 4 is 41.3 Å². The lowest BCUT2D eigenvalue weighted by molar-refractivity contribution is 0.0283. The summed E-state index contributed by atoms with van der Waals surface area (Å²) >= 11 is 0. The quantitative estimate of drug-likeness (QED) is 0.485. The molecule has 9 nitrogen and oxygen atoms in total. The molecule has 1 atom stereocenters. The third-order valence-electron chi connectivity index (χ3n) is 4.63. The highest BCUT2D eigenvalue weighted by Gasteiger charge is 2.21. The molecule has 2 aromatic carbocycles. The number of rotatable bonds is 8. The Hall–Kier alpha value is -2.89. The number of nitrogens with one attached hydrogen (secondary N) is 1. The maximum absolute atomic E-state index is 12.3. The lowest BCUT2D eigenvalue weighted by atomic mass is 9.80. The Morgan fingerprint density at radius 3 is 2.32 bits per heavy atom. The van der Waals surface area contributed by atoms with Crippen molar-refractivity contribution < 1.29 is 33.3 Å². The van der Waals surface area contributed by atoms with Gasteiger partial charge in [0.05, 0.1) is 17.4 Å². The van der Waals surface area contributed by atoms with Crippen molar-refractivity contribution in [2.45, 2.75) is 44.2 Å². The van der Waals surface area contributed by atoms with Crippen LogP contribution in [0.2, 0.25) is 0 Å². The van der Waals surface area contributed by atoms with E-state index in [0.29, 0.717) is 28.0 Å². The molecule has 0 aliphatic heterocycles. The number of carbonyl (C=O) groups is 2. The number of carbonyl (C=O) groups excluding carboxylic acids is 2. The average molecular weight is 490 g/mol. The summed E-state index contributed by atoms with van der Waals surface area (Å²) < 4.78 is 22.7. The summed E-state index contributed by atoms with van der Waals surface area (Å²) in [5.74, 6) is 0. The maximum atomic E-state index is 12.3. The molecule has 2 amide bonds. The molecule has 0 fully saturated rings. The molecular weight excluding hydrogens is 459 g/mol. The van der Waals surface area contributed by atoms with Crippen LogP contribution in [-0.2, 0) is 33.2 Å². The third kappa shape index (κ3) is 8.81. The summed E-state index contributed by atoms with van der Waals surface area (Å²) in [6.45, 7) is 5.59. The van der Waals surface area contributed by atoms with Crippen LogP contribution in [0.5, 0.6) is 0 Å². The second-order valence-electron chi connectivity index (χ2n) is 8.74. The summed E-state index contributed by atoms with van der Waals surface area (Å²) in [4.78, 5) is 26.4. The van der Waals surface area contributed by atoms with E-state index in [1.165, 1.54) is 4.90 Å². The standard InChI is InChI=1S/C23H31BN2O7S/c1-23(2,3)33-22(28)26(4)15-17-14-19(10-11-20(17)34(5)31)25-21(27)32-13-12-16-6-8-18(9-7-16)24(29)30/h6-11,14,29-30H,12-13,15H2,1-5H3,(H,25,27). The number of hydrogen-bond donors (Lipinski definition) is 3. The zero-order chi connectivity index (χ0) is 25.5. The van der Waals surface area contributed by atoms with Crippen molar-refractivity contribution in [3.63, 3.8) is 0 Å². The van der Waals surface area contributed by atoms with Crippen molar-refractivity contribution in [1.82, 2.24) is 4.90 Å². The minimum Gasteiger partial charge on any atom is -0.449 e. The Balaban J connectivity index is 1.98. The van der Waals surface area contributed by atoms with Gasteiger partial charge in [-0.1, -0.05) is 24.3 Å². The van der Waals surface area contributed by atoms with Gasteiger partial charge in [0.1, 0.15) is 5.60 Å². The second kappa shape index (κ2) is 12.0. The summed E-state index contributed by atoms with van der Waals surface area (Å²) in [6, 6.07) is 11.6. The van der Waals surface area contributed by atoms with Gasteiger partial charge in [-0.2, -0.15) is 0 Å². The van der Waals surface area contributed by atoms with E-state index in [-0.39, 0.29) is 13.2 Å². The Morgan fingerprint density at radius 2 is 1.76 bits per heavy atom. The fraction of sp³-hybridized carbons (Fsp3) is 0.391. The van der Waals surface area contributed by atoms with Crippen LogP contribution >= 0.6 is 0 Å². The molecule has 0 bridgehead atoms. The van der Waals surface area contributed by atoms with E-state index < -0.39 is 35.7 Å². The number of amides is 2. The number of anilines is 1. The predicted molar refractivity (Wildman–Crippen MR) is 131 cm³/mol. The second-order valence-corrected chi connectivity index (χ2v) is 10.1. The lowest BCUT2D eigenvalue weighted by Gasteiger charge is -2.25. The molecule has 11 heteroatoms. The molecule has 2 rings (SSSR count). The topological polar surface area (TPSA) is 125 Å². The molecule has 2 aromatic rings. The first kappa shape index (κ1) is 27.4. The van der Waals surface area contributed by atoms with Crippen LogP contribution in [0.15, 0.2) is 47.4 Å². The van der Waals surface area contributed by atoms with Gasteiger partial charge in [0.15, 0.2) is 0 Å². The van der Waals surface area contributed by atoms with Crippen LogP contribution < -0.4 is 10.8 Å². The molecule has 3 N–H and O–H groups in total. The zero-order valence-corrected chi connectivity index (χ0v) is 20.8. The number of hydrogen-bond acceptors (Lipinski definition) is 7. The van der Waals surface area contributed by atoms with Crippen LogP contribution in [0.1, 0.15) is 31.9 Å². The first-order valence-electron chi connectivity index (χ1n) is 10.6. The van der Waals surface area contributed by atoms with E-state index in [2.05, 4.69) is 5.32 Å². The monoisotopic (exact) mass is 490 g/mol. The lowest BCUT2D eigenvalue weighted by Crippen LogP contribution is -2.34. The van der Waals surface area contributed by atoms with Gasteiger partial charge in [-0.3, -0.25) is 9.53 Å². The minimum absolute atomic E-state index is 0.123. The molecule has 0 aromatic heterocycles. The van der Waals surface area contributed by atoms with E-state index in [4.69, 9.17) is 19.5 Å². The van der Waals surface area contributed by atoms with Crippen molar-refractivity contribution in [1.29, 1.82) is 0 Å². The Bertz CT molecular complexity index is 1020. The predicted octanol–water partition coefficient (Wildman–Crippen LogP) is 2.26. The normalized spacial score (nSPS) is 12.0. The smallest absolute Gasteiger partial charge is 0.449 e. The highest BCUT2D eigenvalue weighted by molar-refractivity contribution is 7.84. The summed E-state index contributed by atoms with van der Waals surface area (Å²) in [6.07, 6.45) is 0.829. The molecule has 184 valence electrons. The van der Waals surface area contributed by atoms with Gasteiger partial charge in [0, 0.05) is 36.9 Å². The van der Waals surface area contributed by atoms with Crippen LogP contribution in [0.25, 0.3) is 0 Å².